The minimum absolute atomic E-state index is 0.568. The lowest BCUT2D eigenvalue weighted by Crippen LogP contribution is -1.84. The summed E-state index contributed by atoms with van der Waals surface area (Å²) in [4.78, 5) is 12.0. The molecule has 3 aromatic rings. The number of nitrogens with one attached hydrogen (secondary N) is 1. The lowest BCUT2D eigenvalue weighted by atomic mass is 10.2. The number of fused-ring (bicyclic) bond motifs is 1. The van der Waals surface area contributed by atoms with E-state index in [1.165, 1.54) is 0 Å². The second-order valence-electron chi connectivity index (χ2n) is 4.01. The van der Waals surface area contributed by atoms with Crippen molar-refractivity contribution in [2.24, 2.45) is 0 Å². The molecule has 3 nitrogen and oxygen atoms in total. The fraction of sp³-hybridized carbons (Fsp3) is 0.0769. The van der Waals surface area contributed by atoms with Crippen LogP contribution in [0.2, 0.25) is 10.0 Å². The van der Waals surface area contributed by atoms with E-state index in [2.05, 4.69) is 15.0 Å². The Hall–Kier alpha value is -1.58. The quantitative estimate of drug-likeness (QED) is 0.723. The van der Waals surface area contributed by atoms with Gasteiger partial charge in [-0.1, -0.05) is 29.3 Å². The normalized spacial score (nSPS) is 11.1. The molecule has 3 rings (SSSR count). The Bertz CT molecular complexity index is 714. The van der Waals surface area contributed by atoms with Crippen LogP contribution >= 0.6 is 23.2 Å². The fourth-order valence-electron chi connectivity index (χ4n) is 1.83. The lowest BCUT2D eigenvalue weighted by molar-refractivity contribution is 1.22. The molecule has 0 saturated heterocycles. The van der Waals surface area contributed by atoms with Crippen LogP contribution in [0, 0.1) is 6.92 Å². The summed E-state index contributed by atoms with van der Waals surface area (Å²) < 4.78 is 0. The highest BCUT2D eigenvalue weighted by Crippen LogP contribution is 2.33. The van der Waals surface area contributed by atoms with Gasteiger partial charge in [0.25, 0.3) is 0 Å². The zero-order chi connectivity index (χ0) is 12.7. The number of aryl methyl sites for hydroxylation is 1. The van der Waals surface area contributed by atoms with Gasteiger partial charge < -0.3 is 4.98 Å². The first-order chi connectivity index (χ1) is 8.65. The van der Waals surface area contributed by atoms with Gasteiger partial charge in [-0.15, -0.1) is 0 Å². The van der Waals surface area contributed by atoms with E-state index in [9.17, 15) is 0 Å². The van der Waals surface area contributed by atoms with Crippen molar-refractivity contribution >= 4 is 34.4 Å². The van der Waals surface area contributed by atoms with Gasteiger partial charge in [0.15, 0.2) is 5.65 Å². The first-order valence-electron chi connectivity index (χ1n) is 5.43. The van der Waals surface area contributed by atoms with E-state index in [1.807, 2.05) is 19.1 Å². The second-order valence-corrected chi connectivity index (χ2v) is 4.82. The van der Waals surface area contributed by atoms with E-state index in [1.54, 1.807) is 18.2 Å². The van der Waals surface area contributed by atoms with E-state index in [0.717, 1.165) is 11.2 Å². The molecule has 0 unspecified atom stereocenters. The Balaban J connectivity index is 2.26. The average Bonchev–Trinajstić information content (AvgIpc) is 2.71. The number of hydrogen-bond acceptors (Lipinski definition) is 2. The van der Waals surface area contributed by atoms with Gasteiger partial charge in [-0.05, 0) is 31.2 Å². The SMILES string of the molecule is Cc1ccc2[nH]c(-c3c(Cl)cccc3Cl)nc2n1. The molecule has 0 saturated carbocycles. The molecule has 0 aliphatic carbocycles. The molecule has 1 aromatic carbocycles. The summed E-state index contributed by atoms with van der Waals surface area (Å²) in [5, 5.41) is 1.14. The molecule has 1 N–H and O–H groups in total. The van der Waals surface area contributed by atoms with Crippen LogP contribution < -0.4 is 0 Å². The molecule has 90 valence electrons. The molecule has 0 spiro atoms. The number of aromatic amines is 1. The number of pyridine rings is 1. The van der Waals surface area contributed by atoms with Crippen LogP contribution in [-0.4, -0.2) is 15.0 Å². The number of halogens is 2. The van der Waals surface area contributed by atoms with E-state index in [4.69, 9.17) is 23.2 Å². The summed E-state index contributed by atoms with van der Waals surface area (Å²) in [5.74, 6) is 0.638. The largest absolute Gasteiger partial charge is 0.336 e. The minimum Gasteiger partial charge on any atom is -0.336 e. The van der Waals surface area contributed by atoms with Crippen molar-refractivity contribution in [1.82, 2.24) is 15.0 Å². The number of nitrogens with zero attached hydrogens (tertiary/aromatic N) is 2. The van der Waals surface area contributed by atoms with Crippen LogP contribution in [0.1, 0.15) is 5.69 Å². The molecule has 0 fully saturated rings. The molecule has 0 atom stereocenters. The van der Waals surface area contributed by atoms with Gasteiger partial charge in [-0.2, -0.15) is 0 Å². The highest BCUT2D eigenvalue weighted by molar-refractivity contribution is 6.39. The van der Waals surface area contributed by atoms with Crippen molar-refractivity contribution in [1.29, 1.82) is 0 Å². The van der Waals surface area contributed by atoms with Gasteiger partial charge in [0.05, 0.1) is 21.1 Å². The van der Waals surface area contributed by atoms with Crippen molar-refractivity contribution in [2.45, 2.75) is 6.92 Å². The molecule has 2 heterocycles. The summed E-state index contributed by atoms with van der Waals surface area (Å²) in [7, 11) is 0. The topological polar surface area (TPSA) is 41.6 Å². The number of rotatable bonds is 1. The van der Waals surface area contributed by atoms with Gasteiger partial charge in [0, 0.05) is 5.69 Å². The highest BCUT2D eigenvalue weighted by atomic mass is 35.5. The third kappa shape index (κ3) is 1.85. The van der Waals surface area contributed by atoms with E-state index >= 15 is 0 Å². The van der Waals surface area contributed by atoms with Gasteiger partial charge in [0.2, 0.25) is 0 Å². The molecular weight excluding hydrogens is 269 g/mol. The maximum absolute atomic E-state index is 6.16. The van der Waals surface area contributed by atoms with E-state index in [-0.39, 0.29) is 0 Å². The molecule has 0 aliphatic heterocycles. The lowest BCUT2D eigenvalue weighted by Gasteiger charge is -2.02. The van der Waals surface area contributed by atoms with Crippen LogP contribution in [0.5, 0.6) is 0 Å². The summed E-state index contributed by atoms with van der Waals surface area (Å²) in [6, 6.07) is 9.25. The predicted molar refractivity (Wildman–Crippen MR) is 74.1 cm³/mol. The number of imidazole rings is 1. The van der Waals surface area contributed by atoms with Crippen molar-refractivity contribution < 1.29 is 0 Å². The van der Waals surface area contributed by atoms with E-state index < -0.39 is 0 Å². The van der Waals surface area contributed by atoms with Crippen LogP contribution in [-0.2, 0) is 0 Å². The number of aromatic nitrogens is 3. The van der Waals surface area contributed by atoms with Crippen LogP contribution in [0.3, 0.4) is 0 Å². The maximum Gasteiger partial charge on any atom is 0.178 e. The van der Waals surface area contributed by atoms with Gasteiger partial charge in [0.1, 0.15) is 5.82 Å². The summed E-state index contributed by atoms with van der Waals surface area (Å²) in [6.45, 7) is 1.93. The average molecular weight is 278 g/mol. The first-order valence-corrected chi connectivity index (χ1v) is 6.18. The van der Waals surface area contributed by atoms with Crippen molar-refractivity contribution in [3.8, 4) is 11.4 Å². The number of benzene rings is 1. The first kappa shape index (κ1) is 11.5. The zero-order valence-corrected chi connectivity index (χ0v) is 11.0. The second kappa shape index (κ2) is 4.26. The molecule has 5 heteroatoms. The fourth-order valence-corrected chi connectivity index (χ4v) is 2.41. The highest BCUT2D eigenvalue weighted by Gasteiger charge is 2.13. The standard InChI is InChI=1S/C13H9Cl2N3/c1-7-5-6-10-12(16-7)18-13(17-10)11-8(14)3-2-4-9(11)15/h2-6H,1H3,(H,16,17,18). The molecule has 2 aromatic heterocycles. The molecule has 0 radical (unpaired) electrons. The summed E-state index contributed by atoms with van der Waals surface area (Å²) in [5.41, 5.74) is 3.16. The van der Waals surface area contributed by atoms with Crippen LogP contribution in [0.4, 0.5) is 0 Å². The Morgan fingerprint density at radius 3 is 2.44 bits per heavy atom. The van der Waals surface area contributed by atoms with Crippen molar-refractivity contribution in [3.05, 3.63) is 46.1 Å². The monoisotopic (exact) mass is 277 g/mol. The number of hydrogen-bond donors (Lipinski definition) is 1. The summed E-state index contributed by atoms with van der Waals surface area (Å²) >= 11 is 12.3. The van der Waals surface area contributed by atoms with Crippen molar-refractivity contribution in [3.63, 3.8) is 0 Å². The predicted octanol–water partition coefficient (Wildman–Crippen LogP) is 4.24. The number of H-pyrrole nitrogens is 1. The third-order valence-electron chi connectivity index (χ3n) is 2.68. The van der Waals surface area contributed by atoms with Crippen LogP contribution in [0.15, 0.2) is 30.3 Å². The Morgan fingerprint density at radius 1 is 1.00 bits per heavy atom. The van der Waals surface area contributed by atoms with Crippen LogP contribution in [0.25, 0.3) is 22.6 Å². The summed E-state index contributed by atoms with van der Waals surface area (Å²) in [6.07, 6.45) is 0. The molecule has 0 aliphatic rings. The van der Waals surface area contributed by atoms with E-state index in [0.29, 0.717) is 27.1 Å². The zero-order valence-electron chi connectivity index (χ0n) is 9.54. The van der Waals surface area contributed by atoms with Gasteiger partial charge in [-0.25, -0.2) is 9.97 Å². The Kier molecular flexibility index (Phi) is 2.73. The molecule has 0 amide bonds. The maximum atomic E-state index is 6.16. The molecule has 0 bridgehead atoms. The Morgan fingerprint density at radius 2 is 1.72 bits per heavy atom. The smallest absolute Gasteiger partial charge is 0.178 e. The van der Waals surface area contributed by atoms with Gasteiger partial charge in [-0.3, -0.25) is 0 Å². The third-order valence-corrected chi connectivity index (χ3v) is 3.31. The van der Waals surface area contributed by atoms with Gasteiger partial charge >= 0.3 is 0 Å². The minimum atomic E-state index is 0.568. The molecular formula is C13H9Cl2N3. The van der Waals surface area contributed by atoms with Crippen molar-refractivity contribution in [2.75, 3.05) is 0 Å². The Labute approximate surface area is 114 Å². The molecule has 18 heavy (non-hydrogen) atoms.